The van der Waals surface area contributed by atoms with Crippen LogP contribution in [0.25, 0.3) is 0 Å². The molecule has 0 bridgehead atoms. The highest BCUT2D eigenvalue weighted by atomic mass is 35.5. The molecule has 0 unspecified atom stereocenters. The van der Waals surface area contributed by atoms with Crippen molar-refractivity contribution in [2.45, 2.75) is 18.8 Å². The van der Waals surface area contributed by atoms with Crippen LogP contribution < -0.4 is 5.32 Å². The second-order valence-electron chi connectivity index (χ2n) is 3.88. The smallest absolute Gasteiger partial charge is 0.269 e. The molecule has 1 N–H and O–H groups in total. The quantitative estimate of drug-likeness (QED) is 0.640. The van der Waals surface area contributed by atoms with Gasteiger partial charge in [0.15, 0.2) is 0 Å². The van der Waals surface area contributed by atoms with Gasteiger partial charge >= 0.3 is 0 Å². The molecule has 0 spiro atoms. The molecule has 0 radical (unpaired) electrons. The minimum atomic E-state index is -0.329. The van der Waals surface area contributed by atoms with Crippen LogP contribution in [0, 0.1) is 10.1 Å². The van der Waals surface area contributed by atoms with E-state index in [-0.39, 0.29) is 23.0 Å². The summed E-state index contributed by atoms with van der Waals surface area (Å²) in [6.07, 6.45) is 2.14. The van der Waals surface area contributed by atoms with Gasteiger partial charge in [0.1, 0.15) is 0 Å². The van der Waals surface area contributed by atoms with Gasteiger partial charge in [-0.3, -0.25) is 10.1 Å². The maximum atomic E-state index is 10.6. The molecule has 1 aromatic carbocycles. The van der Waals surface area contributed by atoms with E-state index in [1.165, 1.54) is 0 Å². The van der Waals surface area contributed by atoms with E-state index >= 15 is 0 Å². The van der Waals surface area contributed by atoms with Crippen LogP contribution in [0.4, 0.5) is 5.69 Å². The molecule has 4 nitrogen and oxygen atoms in total. The zero-order valence-corrected chi connectivity index (χ0v) is 9.70. The van der Waals surface area contributed by atoms with Crippen molar-refractivity contribution in [1.82, 2.24) is 5.32 Å². The summed E-state index contributed by atoms with van der Waals surface area (Å²) in [7, 11) is 0. The van der Waals surface area contributed by atoms with E-state index < -0.39 is 0 Å². The highest BCUT2D eigenvalue weighted by Crippen LogP contribution is 2.27. The Morgan fingerprint density at radius 2 is 2.00 bits per heavy atom. The largest absolute Gasteiger partial charge is 0.317 e. The Morgan fingerprint density at radius 3 is 2.62 bits per heavy atom. The molecule has 1 aromatic rings. The molecule has 0 amide bonds. The molecule has 5 heteroatoms. The molecule has 16 heavy (non-hydrogen) atoms. The Hall–Kier alpha value is -1.13. The molecule has 2 rings (SSSR count). The van der Waals surface area contributed by atoms with Crippen molar-refractivity contribution in [2.24, 2.45) is 0 Å². The third-order valence-corrected chi connectivity index (χ3v) is 2.89. The third kappa shape index (κ3) is 2.93. The average molecular weight is 243 g/mol. The Balaban J connectivity index is 0.00000128. The number of halogens is 1. The molecule has 0 aromatic heterocycles. The van der Waals surface area contributed by atoms with Crippen molar-refractivity contribution in [3.05, 3.63) is 39.9 Å². The molecule has 1 fully saturated rings. The summed E-state index contributed by atoms with van der Waals surface area (Å²) in [5, 5.41) is 13.9. The standard InChI is InChI=1S/C11H14N2O2.ClH/c14-13(15)11-3-1-2-10(8-11)9-4-6-12-7-5-9;/h1-3,8-9,12H,4-7H2;1H. The van der Waals surface area contributed by atoms with Gasteiger partial charge in [-0.15, -0.1) is 12.4 Å². The highest BCUT2D eigenvalue weighted by molar-refractivity contribution is 5.85. The summed E-state index contributed by atoms with van der Waals surface area (Å²) >= 11 is 0. The van der Waals surface area contributed by atoms with Crippen LogP contribution in [-0.4, -0.2) is 18.0 Å². The summed E-state index contributed by atoms with van der Waals surface area (Å²) in [5.74, 6) is 0.478. The first kappa shape index (κ1) is 12.9. The van der Waals surface area contributed by atoms with Crippen LogP contribution in [0.15, 0.2) is 24.3 Å². The molecule has 1 heterocycles. The van der Waals surface area contributed by atoms with Gasteiger partial charge in [0.05, 0.1) is 4.92 Å². The van der Waals surface area contributed by atoms with Crippen LogP contribution in [0.5, 0.6) is 0 Å². The minimum absolute atomic E-state index is 0. The number of nitrogens with one attached hydrogen (secondary N) is 1. The summed E-state index contributed by atoms with van der Waals surface area (Å²) in [6, 6.07) is 7.01. The van der Waals surface area contributed by atoms with E-state index in [1.807, 2.05) is 6.07 Å². The number of non-ortho nitro benzene ring substituents is 1. The number of benzene rings is 1. The Kier molecular flexibility index (Phi) is 4.71. The van der Waals surface area contributed by atoms with E-state index in [9.17, 15) is 10.1 Å². The number of rotatable bonds is 2. The topological polar surface area (TPSA) is 55.2 Å². The SMILES string of the molecule is Cl.O=[N+]([O-])c1cccc(C2CCNCC2)c1. The maximum absolute atomic E-state index is 10.6. The number of piperidine rings is 1. The highest BCUT2D eigenvalue weighted by Gasteiger charge is 2.17. The van der Waals surface area contributed by atoms with Crippen molar-refractivity contribution in [3.63, 3.8) is 0 Å². The second kappa shape index (κ2) is 5.82. The predicted molar refractivity (Wildman–Crippen MR) is 65.2 cm³/mol. The number of hydrogen-bond acceptors (Lipinski definition) is 3. The lowest BCUT2D eigenvalue weighted by Crippen LogP contribution is -2.26. The summed E-state index contributed by atoms with van der Waals surface area (Å²) in [5.41, 5.74) is 1.30. The fourth-order valence-electron chi connectivity index (χ4n) is 2.05. The van der Waals surface area contributed by atoms with Gasteiger partial charge in [0.25, 0.3) is 5.69 Å². The Morgan fingerprint density at radius 1 is 1.31 bits per heavy atom. The lowest BCUT2D eigenvalue weighted by atomic mass is 9.90. The van der Waals surface area contributed by atoms with Crippen LogP contribution in [0.1, 0.15) is 24.3 Å². The van der Waals surface area contributed by atoms with Gasteiger partial charge in [-0.2, -0.15) is 0 Å². The molecular weight excluding hydrogens is 228 g/mol. The lowest BCUT2D eigenvalue weighted by molar-refractivity contribution is -0.384. The summed E-state index contributed by atoms with van der Waals surface area (Å²) < 4.78 is 0. The molecule has 1 aliphatic heterocycles. The molecule has 0 aliphatic carbocycles. The third-order valence-electron chi connectivity index (χ3n) is 2.89. The molecular formula is C11H15ClN2O2. The molecule has 0 saturated carbocycles. The zero-order valence-electron chi connectivity index (χ0n) is 8.89. The van der Waals surface area contributed by atoms with Gasteiger partial charge in [-0.1, -0.05) is 12.1 Å². The minimum Gasteiger partial charge on any atom is -0.317 e. The first-order chi connectivity index (χ1) is 7.27. The van der Waals surface area contributed by atoms with E-state index in [0.717, 1.165) is 31.5 Å². The second-order valence-corrected chi connectivity index (χ2v) is 3.88. The first-order valence-corrected chi connectivity index (χ1v) is 5.22. The van der Waals surface area contributed by atoms with Gasteiger partial charge in [-0.05, 0) is 37.4 Å². The van der Waals surface area contributed by atoms with Gasteiger partial charge in [0.2, 0.25) is 0 Å². The van der Waals surface area contributed by atoms with Crippen LogP contribution in [-0.2, 0) is 0 Å². The van der Waals surface area contributed by atoms with Crippen LogP contribution in [0.3, 0.4) is 0 Å². The van der Waals surface area contributed by atoms with Gasteiger partial charge in [0, 0.05) is 12.1 Å². The lowest BCUT2D eigenvalue weighted by Gasteiger charge is -2.22. The molecule has 1 aliphatic rings. The maximum Gasteiger partial charge on any atom is 0.269 e. The predicted octanol–water partition coefficient (Wildman–Crippen LogP) is 2.48. The molecule has 0 atom stereocenters. The van der Waals surface area contributed by atoms with Crippen molar-refractivity contribution in [1.29, 1.82) is 0 Å². The van der Waals surface area contributed by atoms with Gasteiger partial charge < -0.3 is 5.32 Å². The molecule has 88 valence electrons. The number of hydrogen-bond donors (Lipinski definition) is 1. The number of nitro benzene ring substituents is 1. The van der Waals surface area contributed by atoms with Crippen molar-refractivity contribution < 1.29 is 4.92 Å². The average Bonchev–Trinajstić information content (AvgIpc) is 2.30. The van der Waals surface area contributed by atoms with Gasteiger partial charge in [-0.25, -0.2) is 0 Å². The van der Waals surface area contributed by atoms with Crippen LogP contribution in [0.2, 0.25) is 0 Å². The monoisotopic (exact) mass is 242 g/mol. The number of nitrogens with zero attached hydrogens (tertiary/aromatic N) is 1. The Labute approximate surface area is 101 Å². The van der Waals surface area contributed by atoms with E-state index in [2.05, 4.69) is 5.32 Å². The first-order valence-electron chi connectivity index (χ1n) is 5.22. The van der Waals surface area contributed by atoms with Crippen molar-refractivity contribution in [3.8, 4) is 0 Å². The van der Waals surface area contributed by atoms with Crippen molar-refractivity contribution in [2.75, 3.05) is 13.1 Å². The van der Waals surface area contributed by atoms with E-state index in [1.54, 1.807) is 18.2 Å². The summed E-state index contributed by atoms with van der Waals surface area (Å²) in [6.45, 7) is 2.01. The summed E-state index contributed by atoms with van der Waals surface area (Å²) in [4.78, 5) is 10.3. The van der Waals surface area contributed by atoms with Crippen molar-refractivity contribution >= 4 is 18.1 Å². The molecule has 1 saturated heterocycles. The zero-order chi connectivity index (χ0) is 10.7. The Bertz CT molecular complexity index is 365. The number of nitro groups is 1. The fourth-order valence-corrected chi connectivity index (χ4v) is 2.05. The van der Waals surface area contributed by atoms with E-state index in [4.69, 9.17) is 0 Å². The fraction of sp³-hybridized carbons (Fsp3) is 0.455. The van der Waals surface area contributed by atoms with E-state index in [0.29, 0.717) is 5.92 Å². The van der Waals surface area contributed by atoms with Crippen LogP contribution >= 0.6 is 12.4 Å². The normalized spacial score (nSPS) is 16.5.